The zero-order valence-corrected chi connectivity index (χ0v) is 11.7. The number of nitrogens with zero attached hydrogens (tertiary/aromatic N) is 1. The van der Waals surface area contributed by atoms with E-state index < -0.39 is 0 Å². The molecule has 3 rings (SSSR count). The van der Waals surface area contributed by atoms with Crippen LogP contribution in [0.5, 0.6) is 0 Å². The van der Waals surface area contributed by atoms with Crippen LogP contribution in [-0.2, 0) is 12.8 Å². The molecular weight excluding hydrogens is 252 g/mol. The number of fused-ring (bicyclic) bond motifs is 1. The number of hydrogen-bond donors (Lipinski definition) is 1. The number of rotatable bonds is 3. The topological polar surface area (TPSA) is 38.9 Å². The van der Waals surface area contributed by atoms with Gasteiger partial charge in [0.25, 0.3) is 0 Å². The molecule has 0 aliphatic heterocycles. The Bertz CT molecular complexity index is 716. The molecule has 1 aromatic heterocycles. The second-order valence-electron chi connectivity index (χ2n) is 4.73. The third-order valence-electron chi connectivity index (χ3n) is 3.33. The van der Waals surface area contributed by atoms with Crippen molar-refractivity contribution < 1.29 is 0 Å². The first-order valence-electron chi connectivity index (χ1n) is 6.42. The molecule has 0 saturated carbocycles. The third-order valence-corrected chi connectivity index (χ3v) is 4.41. The smallest absolute Gasteiger partial charge is 0.0942 e. The van der Waals surface area contributed by atoms with Crippen LogP contribution in [0.15, 0.2) is 42.5 Å². The van der Waals surface area contributed by atoms with Gasteiger partial charge in [0.2, 0.25) is 0 Å². The molecule has 3 heteroatoms. The summed E-state index contributed by atoms with van der Waals surface area (Å²) in [6.45, 7) is 2.11. The van der Waals surface area contributed by atoms with Crippen LogP contribution in [0.3, 0.4) is 0 Å². The van der Waals surface area contributed by atoms with Crippen LogP contribution in [0.1, 0.15) is 16.1 Å². The summed E-state index contributed by atoms with van der Waals surface area (Å²) in [6.07, 6.45) is 1.90. The van der Waals surface area contributed by atoms with Gasteiger partial charge in [-0.05, 0) is 36.6 Å². The standard InChI is InChI=1S/C16H16N2S/c1-11-5-4-8-14-16(11)18-15(19-14)10-9-12-6-2-3-7-13(12)17/h2-8H,9-10,17H2,1H3. The average Bonchev–Trinajstić information content (AvgIpc) is 2.82. The van der Waals surface area contributed by atoms with Gasteiger partial charge in [0.1, 0.15) is 0 Å². The summed E-state index contributed by atoms with van der Waals surface area (Å²) < 4.78 is 1.27. The average molecular weight is 268 g/mol. The van der Waals surface area contributed by atoms with Crippen molar-refractivity contribution in [1.82, 2.24) is 4.98 Å². The van der Waals surface area contributed by atoms with E-state index in [9.17, 15) is 0 Å². The minimum absolute atomic E-state index is 0.875. The van der Waals surface area contributed by atoms with Gasteiger partial charge < -0.3 is 5.73 Å². The number of nitrogen functional groups attached to an aromatic ring is 1. The van der Waals surface area contributed by atoms with Crippen molar-refractivity contribution in [2.45, 2.75) is 19.8 Å². The van der Waals surface area contributed by atoms with Crippen molar-refractivity contribution in [3.8, 4) is 0 Å². The SMILES string of the molecule is Cc1cccc2sc(CCc3ccccc3N)nc12. The maximum absolute atomic E-state index is 5.97. The number of benzene rings is 2. The van der Waals surface area contributed by atoms with Gasteiger partial charge in [-0.3, -0.25) is 0 Å². The van der Waals surface area contributed by atoms with Crippen LogP contribution in [0.2, 0.25) is 0 Å². The third kappa shape index (κ3) is 2.47. The largest absolute Gasteiger partial charge is 0.399 e. The summed E-state index contributed by atoms with van der Waals surface area (Å²) in [5.41, 5.74) is 10.4. The predicted molar refractivity (Wildman–Crippen MR) is 82.6 cm³/mol. The van der Waals surface area contributed by atoms with Crippen molar-refractivity contribution in [1.29, 1.82) is 0 Å². The van der Waals surface area contributed by atoms with Gasteiger partial charge in [0, 0.05) is 12.1 Å². The molecule has 1 heterocycles. The number of thiazole rings is 1. The first-order chi connectivity index (χ1) is 9.24. The first kappa shape index (κ1) is 12.2. The van der Waals surface area contributed by atoms with E-state index >= 15 is 0 Å². The number of anilines is 1. The molecule has 0 amide bonds. The highest BCUT2D eigenvalue weighted by Gasteiger charge is 2.06. The fourth-order valence-electron chi connectivity index (χ4n) is 2.24. The Hall–Kier alpha value is -1.87. The minimum Gasteiger partial charge on any atom is -0.399 e. The molecule has 0 unspecified atom stereocenters. The highest BCUT2D eigenvalue weighted by atomic mass is 32.1. The Labute approximate surface area is 116 Å². The van der Waals surface area contributed by atoms with Crippen molar-refractivity contribution in [2.24, 2.45) is 0 Å². The summed E-state index contributed by atoms with van der Waals surface area (Å²) in [6, 6.07) is 14.4. The maximum atomic E-state index is 5.97. The van der Waals surface area contributed by atoms with Gasteiger partial charge in [-0.2, -0.15) is 0 Å². The minimum atomic E-state index is 0.875. The van der Waals surface area contributed by atoms with E-state index in [2.05, 4.69) is 31.2 Å². The van der Waals surface area contributed by atoms with Crippen LogP contribution in [0.4, 0.5) is 5.69 Å². The quantitative estimate of drug-likeness (QED) is 0.730. The monoisotopic (exact) mass is 268 g/mol. The lowest BCUT2D eigenvalue weighted by atomic mass is 10.1. The van der Waals surface area contributed by atoms with Crippen molar-refractivity contribution >= 4 is 27.2 Å². The van der Waals surface area contributed by atoms with Gasteiger partial charge >= 0.3 is 0 Å². The zero-order chi connectivity index (χ0) is 13.2. The molecule has 0 fully saturated rings. The lowest BCUT2D eigenvalue weighted by Gasteiger charge is -2.02. The Kier molecular flexibility index (Phi) is 3.22. The highest BCUT2D eigenvalue weighted by molar-refractivity contribution is 7.18. The van der Waals surface area contributed by atoms with E-state index in [0.29, 0.717) is 0 Å². The second-order valence-corrected chi connectivity index (χ2v) is 5.84. The number of aryl methyl sites for hydroxylation is 3. The Balaban J connectivity index is 1.83. The van der Waals surface area contributed by atoms with E-state index in [1.54, 1.807) is 11.3 Å². The van der Waals surface area contributed by atoms with Crippen molar-refractivity contribution in [2.75, 3.05) is 5.73 Å². The van der Waals surface area contributed by atoms with E-state index in [4.69, 9.17) is 10.7 Å². The molecule has 2 aromatic carbocycles. The lowest BCUT2D eigenvalue weighted by Crippen LogP contribution is -1.96. The summed E-state index contributed by atoms with van der Waals surface area (Å²) in [7, 11) is 0. The molecule has 2 N–H and O–H groups in total. The summed E-state index contributed by atoms with van der Waals surface area (Å²) >= 11 is 1.78. The van der Waals surface area contributed by atoms with Crippen LogP contribution >= 0.6 is 11.3 Å². The predicted octanol–water partition coefficient (Wildman–Crippen LogP) is 3.97. The number of para-hydroxylation sites is 2. The van der Waals surface area contributed by atoms with Crippen LogP contribution in [0, 0.1) is 6.92 Å². The zero-order valence-electron chi connectivity index (χ0n) is 10.9. The molecule has 0 saturated heterocycles. The molecule has 0 bridgehead atoms. The summed E-state index contributed by atoms with van der Waals surface area (Å²) in [4.78, 5) is 4.73. The molecule has 2 nitrogen and oxygen atoms in total. The Morgan fingerprint density at radius 2 is 1.89 bits per heavy atom. The number of nitrogens with two attached hydrogens (primary N) is 1. The molecular formula is C16H16N2S. The molecule has 0 radical (unpaired) electrons. The Morgan fingerprint density at radius 3 is 2.68 bits per heavy atom. The summed E-state index contributed by atoms with van der Waals surface area (Å²) in [5, 5.41) is 1.19. The van der Waals surface area contributed by atoms with Crippen molar-refractivity contribution in [3.05, 3.63) is 58.6 Å². The van der Waals surface area contributed by atoms with Crippen LogP contribution < -0.4 is 5.73 Å². The van der Waals surface area contributed by atoms with E-state index in [-0.39, 0.29) is 0 Å². The van der Waals surface area contributed by atoms with Crippen LogP contribution in [0.25, 0.3) is 10.2 Å². The summed E-state index contributed by atoms with van der Waals surface area (Å²) in [5.74, 6) is 0. The van der Waals surface area contributed by atoms with Gasteiger partial charge in [0.15, 0.2) is 0 Å². The van der Waals surface area contributed by atoms with E-state index in [1.807, 2.05) is 18.2 Å². The van der Waals surface area contributed by atoms with Gasteiger partial charge in [-0.15, -0.1) is 11.3 Å². The Morgan fingerprint density at radius 1 is 1.05 bits per heavy atom. The highest BCUT2D eigenvalue weighted by Crippen LogP contribution is 2.25. The molecule has 96 valence electrons. The van der Waals surface area contributed by atoms with E-state index in [0.717, 1.165) is 24.0 Å². The van der Waals surface area contributed by atoms with Gasteiger partial charge in [-0.25, -0.2) is 4.98 Å². The fraction of sp³-hybridized carbons (Fsp3) is 0.188. The fourth-order valence-corrected chi connectivity index (χ4v) is 3.29. The molecule has 3 aromatic rings. The van der Waals surface area contributed by atoms with Gasteiger partial charge in [-0.1, -0.05) is 30.3 Å². The van der Waals surface area contributed by atoms with Crippen molar-refractivity contribution in [3.63, 3.8) is 0 Å². The molecule has 0 aliphatic rings. The number of aromatic nitrogens is 1. The van der Waals surface area contributed by atoms with Crippen LogP contribution in [-0.4, -0.2) is 4.98 Å². The lowest BCUT2D eigenvalue weighted by molar-refractivity contribution is 0.951. The molecule has 19 heavy (non-hydrogen) atoms. The molecule has 0 spiro atoms. The van der Waals surface area contributed by atoms with Gasteiger partial charge in [0.05, 0.1) is 15.2 Å². The maximum Gasteiger partial charge on any atom is 0.0942 e. The van der Waals surface area contributed by atoms with E-state index in [1.165, 1.54) is 20.8 Å². The number of hydrogen-bond acceptors (Lipinski definition) is 3. The second kappa shape index (κ2) is 5.02. The molecule has 0 aliphatic carbocycles. The normalized spacial score (nSPS) is 11.0. The first-order valence-corrected chi connectivity index (χ1v) is 7.24. The molecule has 0 atom stereocenters.